The molecule has 3 rings (SSSR count). The van der Waals surface area contributed by atoms with E-state index >= 15 is 0 Å². The van der Waals surface area contributed by atoms with Crippen LogP contribution in [-0.2, 0) is 31.6 Å². The molecule has 1 unspecified atom stereocenters. The number of amides is 2. The quantitative estimate of drug-likeness (QED) is 0.331. The largest absolute Gasteiger partial charge is 0.354 e. The number of nitrogens with zero attached hydrogens (tertiary/aromatic N) is 1. The lowest BCUT2D eigenvalue weighted by molar-refractivity contribution is -0.145. The van der Waals surface area contributed by atoms with Crippen LogP contribution in [0.1, 0.15) is 30.4 Å². The van der Waals surface area contributed by atoms with Gasteiger partial charge >= 0.3 is 0 Å². The first kappa shape index (κ1) is 22.7. The van der Waals surface area contributed by atoms with Crippen molar-refractivity contribution >= 4 is 21.7 Å². The summed E-state index contributed by atoms with van der Waals surface area (Å²) in [6, 6.07) is 19.1. The van der Waals surface area contributed by atoms with Crippen molar-refractivity contribution in [3.8, 4) is 0 Å². The molecular formula is C24H28N2O4S. The number of likely N-dealkylation sites (tertiary alicyclic amines) is 1. The Morgan fingerprint density at radius 2 is 1.58 bits per heavy atom. The van der Waals surface area contributed by atoms with Crippen molar-refractivity contribution in [1.29, 1.82) is 0 Å². The predicted molar refractivity (Wildman–Crippen MR) is 121 cm³/mol. The SMILES string of the molecule is O=C(CN1C(=O)CC1S(=O)(=O)Cc1ccccc1)NCC/C=C/CCc1ccccc1. The average molecular weight is 441 g/mol. The van der Waals surface area contributed by atoms with Gasteiger partial charge in [-0.2, -0.15) is 0 Å². The van der Waals surface area contributed by atoms with Gasteiger partial charge in [0.25, 0.3) is 0 Å². The summed E-state index contributed by atoms with van der Waals surface area (Å²) in [7, 11) is -3.55. The highest BCUT2D eigenvalue weighted by Gasteiger charge is 2.45. The first-order chi connectivity index (χ1) is 15.0. The van der Waals surface area contributed by atoms with Gasteiger partial charge in [-0.25, -0.2) is 8.42 Å². The molecule has 1 aliphatic rings. The standard InChI is InChI=1S/C24H28N2O4S/c27-22(25-16-10-2-1-5-11-20-12-6-3-7-13-20)18-26-23(28)17-24(26)31(29,30)19-21-14-8-4-9-15-21/h1-4,6-9,12-15,24H,5,10-11,16-19H2,(H,25,27)/b2-1+. The van der Waals surface area contributed by atoms with Crippen LogP contribution in [0.3, 0.4) is 0 Å². The fraction of sp³-hybridized carbons (Fsp3) is 0.333. The molecule has 0 aromatic heterocycles. The summed E-state index contributed by atoms with van der Waals surface area (Å²) in [4.78, 5) is 25.2. The molecule has 0 aliphatic carbocycles. The summed E-state index contributed by atoms with van der Waals surface area (Å²) in [5, 5.41) is 1.83. The highest BCUT2D eigenvalue weighted by molar-refractivity contribution is 7.91. The van der Waals surface area contributed by atoms with Gasteiger partial charge in [0.1, 0.15) is 11.9 Å². The Balaban J connectivity index is 1.38. The van der Waals surface area contributed by atoms with E-state index < -0.39 is 15.2 Å². The van der Waals surface area contributed by atoms with Gasteiger partial charge in [0.15, 0.2) is 9.84 Å². The molecule has 1 aliphatic heterocycles. The van der Waals surface area contributed by atoms with E-state index in [2.05, 4.69) is 23.5 Å². The lowest BCUT2D eigenvalue weighted by atomic mass is 10.1. The summed E-state index contributed by atoms with van der Waals surface area (Å²) >= 11 is 0. The van der Waals surface area contributed by atoms with Crippen LogP contribution in [0, 0.1) is 0 Å². The molecule has 1 heterocycles. The van der Waals surface area contributed by atoms with Crippen LogP contribution in [0.25, 0.3) is 0 Å². The molecule has 164 valence electrons. The minimum Gasteiger partial charge on any atom is -0.354 e. The van der Waals surface area contributed by atoms with Gasteiger partial charge in [0, 0.05) is 6.54 Å². The Morgan fingerprint density at radius 3 is 2.23 bits per heavy atom. The number of sulfone groups is 1. The molecule has 6 nitrogen and oxygen atoms in total. The maximum absolute atomic E-state index is 12.6. The van der Waals surface area contributed by atoms with Gasteiger partial charge in [0.05, 0.1) is 12.2 Å². The Morgan fingerprint density at radius 1 is 0.968 bits per heavy atom. The number of allylic oxidation sites excluding steroid dienone is 1. The van der Waals surface area contributed by atoms with Gasteiger partial charge < -0.3 is 10.2 Å². The molecule has 0 radical (unpaired) electrons. The molecule has 2 aromatic carbocycles. The molecule has 0 saturated carbocycles. The van der Waals surface area contributed by atoms with Gasteiger partial charge in [-0.3, -0.25) is 9.59 Å². The molecular weight excluding hydrogens is 412 g/mol. The van der Waals surface area contributed by atoms with Gasteiger partial charge in [-0.05, 0) is 30.4 Å². The van der Waals surface area contributed by atoms with Crippen molar-refractivity contribution in [3.63, 3.8) is 0 Å². The highest BCUT2D eigenvalue weighted by Crippen LogP contribution is 2.26. The number of hydrogen-bond acceptors (Lipinski definition) is 4. The molecule has 2 aromatic rings. The second kappa shape index (κ2) is 10.9. The maximum atomic E-state index is 12.6. The molecule has 1 saturated heterocycles. The third kappa shape index (κ3) is 6.79. The first-order valence-corrected chi connectivity index (χ1v) is 12.2. The van der Waals surface area contributed by atoms with Crippen LogP contribution in [0.15, 0.2) is 72.8 Å². The Hall–Kier alpha value is -2.93. The van der Waals surface area contributed by atoms with Crippen LogP contribution in [0.5, 0.6) is 0 Å². The number of rotatable bonds is 11. The number of carbonyl (C=O) groups excluding carboxylic acids is 2. The predicted octanol–water partition coefficient (Wildman–Crippen LogP) is 2.86. The Bertz CT molecular complexity index is 1000. The number of β-lactam (4-membered cyclic amide) rings is 1. The van der Waals surface area contributed by atoms with Crippen LogP contribution in [0.4, 0.5) is 0 Å². The number of hydrogen-bond donors (Lipinski definition) is 1. The normalized spacial score (nSPS) is 16.3. The zero-order valence-corrected chi connectivity index (χ0v) is 18.3. The van der Waals surface area contributed by atoms with Gasteiger partial charge in [-0.15, -0.1) is 0 Å². The molecule has 7 heteroatoms. The van der Waals surface area contributed by atoms with Crippen molar-refractivity contribution in [1.82, 2.24) is 10.2 Å². The van der Waals surface area contributed by atoms with E-state index in [0.29, 0.717) is 18.5 Å². The summed E-state index contributed by atoms with van der Waals surface area (Å²) in [6.07, 6.45) is 6.63. The van der Waals surface area contributed by atoms with E-state index in [1.165, 1.54) is 5.56 Å². The molecule has 1 N–H and O–H groups in total. The van der Waals surface area contributed by atoms with E-state index in [1.807, 2.05) is 30.3 Å². The minimum absolute atomic E-state index is 0.0629. The Labute approximate surface area is 183 Å². The molecule has 1 fully saturated rings. The van der Waals surface area contributed by atoms with E-state index in [4.69, 9.17) is 0 Å². The molecule has 0 spiro atoms. The van der Waals surface area contributed by atoms with E-state index in [0.717, 1.165) is 17.7 Å². The van der Waals surface area contributed by atoms with Crippen LogP contribution < -0.4 is 5.32 Å². The zero-order valence-electron chi connectivity index (χ0n) is 17.4. The molecule has 0 bridgehead atoms. The topological polar surface area (TPSA) is 83.6 Å². The lowest BCUT2D eigenvalue weighted by Crippen LogP contribution is -2.59. The summed E-state index contributed by atoms with van der Waals surface area (Å²) < 4.78 is 25.3. The van der Waals surface area contributed by atoms with Crippen molar-refractivity contribution < 1.29 is 18.0 Å². The molecule has 1 atom stereocenters. The third-order valence-electron chi connectivity index (χ3n) is 5.20. The fourth-order valence-electron chi connectivity index (χ4n) is 3.47. The van der Waals surface area contributed by atoms with Crippen molar-refractivity contribution in [2.24, 2.45) is 0 Å². The maximum Gasteiger partial charge on any atom is 0.239 e. The third-order valence-corrected chi connectivity index (χ3v) is 7.18. The lowest BCUT2D eigenvalue weighted by Gasteiger charge is -2.39. The molecule has 31 heavy (non-hydrogen) atoms. The number of carbonyl (C=O) groups is 2. The zero-order chi connectivity index (χ0) is 22.1. The van der Waals surface area contributed by atoms with Crippen LogP contribution in [-0.4, -0.2) is 43.6 Å². The second-order valence-electron chi connectivity index (χ2n) is 7.61. The average Bonchev–Trinajstić information content (AvgIpc) is 2.76. The van der Waals surface area contributed by atoms with E-state index in [9.17, 15) is 18.0 Å². The number of benzene rings is 2. The molecule has 2 amide bonds. The van der Waals surface area contributed by atoms with Crippen molar-refractivity contribution in [3.05, 3.63) is 83.9 Å². The van der Waals surface area contributed by atoms with E-state index in [-0.39, 0.29) is 30.5 Å². The van der Waals surface area contributed by atoms with Crippen molar-refractivity contribution in [2.75, 3.05) is 13.1 Å². The van der Waals surface area contributed by atoms with Crippen LogP contribution in [0.2, 0.25) is 0 Å². The number of nitrogens with one attached hydrogen (secondary N) is 1. The second-order valence-corrected chi connectivity index (χ2v) is 9.77. The monoisotopic (exact) mass is 440 g/mol. The van der Waals surface area contributed by atoms with Gasteiger partial charge in [-0.1, -0.05) is 72.8 Å². The van der Waals surface area contributed by atoms with Crippen molar-refractivity contribution in [2.45, 2.75) is 36.8 Å². The van der Waals surface area contributed by atoms with Gasteiger partial charge in [0.2, 0.25) is 11.8 Å². The summed E-state index contributed by atoms with van der Waals surface area (Å²) in [6.45, 7) is 0.222. The smallest absolute Gasteiger partial charge is 0.239 e. The first-order valence-electron chi connectivity index (χ1n) is 10.5. The fourth-order valence-corrected chi connectivity index (χ4v) is 5.30. The number of aryl methyl sites for hydroxylation is 1. The summed E-state index contributed by atoms with van der Waals surface area (Å²) in [5.74, 6) is -0.791. The van der Waals surface area contributed by atoms with Crippen LogP contribution >= 0.6 is 0 Å². The summed E-state index contributed by atoms with van der Waals surface area (Å²) in [5.41, 5.74) is 1.96. The minimum atomic E-state index is -3.55. The Kier molecular flexibility index (Phi) is 8.00. The highest BCUT2D eigenvalue weighted by atomic mass is 32.2. The van der Waals surface area contributed by atoms with E-state index in [1.54, 1.807) is 24.3 Å².